The summed E-state index contributed by atoms with van der Waals surface area (Å²) in [6, 6.07) is 9.35. The molecule has 0 unspecified atom stereocenters. The maximum atomic E-state index is 16.0. The fourth-order valence-corrected chi connectivity index (χ4v) is 5.15. The van der Waals surface area contributed by atoms with Crippen molar-refractivity contribution in [3.63, 3.8) is 0 Å². The lowest BCUT2D eigenvalue weighted by Gasteiger charge is -2.16. The van der Waals surface area contributed by atoms with Crippen molar-refractivity contribution in [1.82, 2.24) is 14.8 Å². The van der Waals surface area contributed by atoms with Gasteiger partial charge in [-0.2, -0.15) is 5.10 Å². The summed E-state index contributed by atoms with van der Waals surface area (Å²) in [5, 5.41) is 4.45. The molecule has 0 saturated heterocycles. The van der Waals surface area contributed by atoms with Gasteiger partial charge in [-0.1, -0.05) is 13.8 Å². The number of aromatic nitrogens is 3. The van der Waals surface area contributed by atoms with Crippen LogP contribution in [0.3, 0.4) is 0 Å². The van der Waals surface area contributed by atoms with E-state index in [2.05, 4.69) is 16.1 Å². The molecule has 9 heteroatoms. The molecule has 1 radical (unpaired) electrons. The summed E-state index contributed by atoms with van der Waals surface area (Å²) in [6.07, 6.45) is 4.77. The first kappa shape index (κ1) is 23.7. The summed E-state index contributed by atoms with van der Waals surface area (Å²) < 4.78 is 72.9. The molecular formula is C25H21F3N3O2S. The van der Waals surface area contributed by atoms with Gasteiger partial charge in [0.15, 0.2) is 0 Å². The highest BCUT2D eigenvalue weighted by Crippen LogP contribution is 2.40. The smallest absolute Gasteiger partial charge is 0.210 e. The maximum Gasteiger partial charge on any atom is 0.210 e. The van der Waals surface area contributed by atoms with Gasteiger partial charge >= 0.3 is 0 Å². The normalized spacial score (nSPS) is 11.9. The number of pyridine rings is 1. The van der Waals surface area contributed by atoms with Crippen LogP contribution >= 0.6 is 0 Å². The minimum atomic E-state index is -4.70. The first-order chi connectivity index (χ1) is 16.1. The van der Waals surface area contributed by atoms with Crippen LogP contribution in [-0.4, -0.2) is 23.2 Å². The van der Waals surface area contributed by atoms with Crippen LogP contribution in [0.5, 0.6) is 0 Å². The van der Waals surface area contributed by atoms with E-state index >= 15 is 4.39 Å². The minimum Gasteiger partial charge on any atom is -0.272 e. The Morgan fingerprint density at radius 1 is 1.09 bits per heavy atom. The molecule has 0 spiro atoms. The van der Waals surface area contributed by atoms with Crippen molar-refractivity contribution in [3.8, 4) is 22.4 Å². The Bertz CT molecular complexity index is 1470. The maximum absolute atomic E-state index is 16.0. The molecular weight excluding hydrogens is 463 g/mol. The Morgan fingerprint density at radius 2 is 1.79 bits per heavy atom. The molecule has 0 fully saturated rings. The van der Waals surface area contributed by atoms with Crippen LogP contribution in [0.15, 0.2) is 64.8 Å². The molecule has 0 aliphatic carbocycles. The molecule has 0 aliphatic rings. The van der Waals surface area contributed by atoms with E-state index in [1.165, 1.54) is 6.07 Å². The average Bonchev–Trinajstić information content (AvgIpc) is 3.24. The van der Waals surface area contributed by atoms with Crippen LogP contribution in [-0.2, 0) is 16.4 Å². The lowest BCUT2D eigenvalue weighted by Crippen LogP contribution is -2.11. The summed E-state index contributed by atoms with van der Waals surface area (Å²) >= 11 is 0. The zero-order valence-electron chi connectivity index (χ0n) is 18.7. The zero-order valence-corrected chi connectivity index (χ0v) is 19.5. The summed E-state index contributed by atoms with van der Waals surface area (Å²) in [7, 11) is -4.70. The van der Waals surface area contributed by atoms with Gasteiger partial charge in [0, 0.05) is 36.8 Å². The van der Waals surface area contributed by atoms with Crippen molar-refractivity contribution in [2.75, 3.05) is 0 Å². The van der Waals surface area contributed by atoms with Crippen molar-refractivity contribution in [2.24, 2.45) is 0 Å². The van der Waals surface area contributed by atoms with E-state index in [0.717, 1.165) is 12.1 Å². The second-order valence-electron chi connectivity index (χ2n) is 7.98. The van der Waals surface area contributed by atoms with E-state index in [4.69, 9.17) is 0 Å². The molecule has 0 amide bonds. The van der Waals surface area contributed by atoms with Crippen LogP contribution in [0, 0.1) is 23.5 Å². The topological polar surface area (TPSA) is 64.8 Å². The van der Waals surface area contributed by atoms with E-state index in [1.807, 2.05) is 6.92 Å². The summed E-state index contributed by atoms with van der Waals surface area (Å²) in [4.78, 5) is 2.47. The number of hydrogen-bond donors (Lipinski definition) is 0. The van der Waals surface area contributed by atoms with Gasteiger partial charge in [-0.3, -0.25) is 9.67 Å². The molecule has 2 aromatic carbocycles. The highest BCUT2D eigenvalue weighted by molar-refractivity contribution is 7.91. The van der Waals surface area contributed by atoms with Crippen LogP contribution < -0.4 is 0 Å². The lowest BCUT2D eigenvalue weighted by atomic mass is 9.96. The number of aryl methyl sites for hydroxylation is 1. The van der Waals surface area contributed by atoms with Crippen molar-refractivity contribution >= 4 is 9.84 Å². The first-order valence-electron chi connectivity index (χ1n) is 10.6. The van der Waals surface area contributed by atoms with E-state index < -0.39 is 37.1 Å². The molecule has 4 rings (SSSR count). The third-order valence-electron chi connectivity index (χ3n) is 5.45. The summed E-state index contributed by atoms with van der Waals surface area (Å²) in [5.74, 6) is -3.19. The average molecular weight is 485 g/mol. The number of hydrogen-bond acceptors (Lipinski definition) is 4. The monoisotopic (exact) mass is 484 g/mol. The van der Waals surface area contributed by atoms with Gasteiger partial charge in [-0.15, -0.1) is 0 Å². The van der Waals surface area contributed by atoms with Crippen molar-refractivity contribution in [2.45, 2.75) is 43.0 Å². The van der Waals surface area contributed by atoms with Gasteiger partial charge in [0.2, 0.25) is 9.84 Å². The van der Waals surface area contributed by atoms with E-state index in [0.29, 0.717) is 23.7 Å². The molecule has 0 bridgehead atoms. The van der Waals surface area contributed by atoms with Gasteiger partial charge in [-0.25, -0.2) is 21.6 Å². The third kappa shape index (κ3) is 4.11. The Labute approximate surface area is 195 Å². The largest absolute Gasteiger partial charge is 0.272 e. The molecule has 2 aromatic heterocycles. The standard InChI is InChI=1S/C25H21F3N3O2S/c1-4-31-14-19(16-9-11-29-12-10-16)25(30-31)23-21(8-6-18(15(2)3)24(23)28)34(32,33)22-13-17(26)5-7-20(22)27/h5-7,9-15H,4H2,1-3H3. The summed E-state index contributed by atoms with van der Waals surface area (Å²) in [5.41, 5.74) is 1.04. The number of benzene rings is 2. The number of sulfone groups is 1. The Balaban J connectivity index is 2.09. The van der Waals surface area contributed by atoms with E-state index in [9.17, 15) is 17.2 Å². The number of rotatable bonds is 6. The Morgan fingerprint density at radius 3 is 2.44 bits per heavy atom. The van der Waals surface area contributed by atoms with E-state index in [1.54, 1.807) is 49.3 Å². The molecule has 175 valence electrons. The second kappa shape index (κ2) is 9.06. The van der Waals surface area contributed by atoms with Gasteiger partial charge in [0.1, 0.15) is 28.0 Å². The first-order valence-corrected chi connectivity index (χ1v) is 12.1. The van der Waals surface area contributed by atoms with Crippen LogP contribution in [0.2, 0.25) is 0 Å². The molecule has 5 nitrogen and oxygen atoms in total. The quantitative estimate of drug-likeness (QED) is 0.347. The predicted octanol–water partition coefficient (Wildman–Crippen LogP) is 5.81. The van der Waals surface area contributed by atoms with E-state index in [-0.39, 0.29) is 22.7 Å². The molecule has 0 N–H and O–H groups in total. The lowest BCUT2D eigenvalue weighted by molar-refractivity contribution is 0.551. The SMILES string of the molecule is CCn1cc(-c2ccncc2)c(-c2c(S(=O)(=O)c3cc(F)ccc3F)[c]cc(C(C)C)c2F)n1. The molecule has 0 saturated carbocycles. The molecule has 34 heavy (non-hydrogen) atoms. The van der Waals surface area contributed by atoms with Crippen molar-refractivity contribution in [1.29, 1.82) is 0 Å². The Hall–Kier alpha value is -3.46. The molecule has 4 aromatic rings. The van der Waals surface area contributed by atoms with Crippen LogP contribution in [0.25, 0.3) is 22.4 Å². The fraction of sp³-hybridized carbons (Fsp3) is 0.200. The number of nitrogens with zero attached hydrogens (tertiary/aromatic N) is 3. The molecule has 0 atom stereocenters. The van der Waals surface area contributed by atoms with Crippen molar-refractivity contribution < 1.29 is 21.6 Å². The Kier molecular flexibility index (Phi) is 6.31. The molecule has 0 aliphatic heterocycles. The highest BCUT2D eigenvalue weighted by Gasteiger charge is 2.32. The third-order valence-corrected chi connectivity index (χ3v) is 7.20. The molecule has 2 heterocycles. The van der Waals surface area contributed by atoms with Crippen LogP contribution in [0.4, 0.5) is 13.2 Å². The second-order valence-corrected chi connectivity index (χ2v) is 9.83. The zero-order chi connectivity index (χ0) is 24.6. The van der Waals surface area contributed by atoms with Gasteiger partial charge < -0.3 is 0 Å². The van der Waals surface area contributed by atoms with Gasteiger partial charge in [0.05, 0.1) is 10.5 Å². The predicted molar refractivity (Wildman–Crippen MR) is 121 cm³/mol. The van der Waals surface area contributed by atoms with Crippen molar-refractivity contribution in [3.05, 3.63) is 84.1 Å². The number of halogens is 3. The highest BCUT2D eigenvalue weighted by atomic mass is 32.2. The van der Waals surface area contributed by atoms with Crippen LogP contribution in [0.1, 0.15) is 32.3 Å². The fourth-order valence-electron chi connectivity index (χ4n) is 3.67. The minimum absolute atomic E-state index is 0.0553. The van der Waals surface area contributed by atoms with Gasteiger partial charge in [0.25, 0.3) is 0 Å². The van der Waals surface area contributed by atoms with Gasteiger partial charge in [-0.05, 0) is 60.4 Å². The summed E-state index contributed by atoms with van der Waals surface area (Å²) in [6.45, 7) is 5.78.